The Hall–Kier alpha value is -3.29. The fourth-order valence-corrected chi connectivity index (χ4v) is 3.43. The van der Waals surface area contributed by atoms with Gasteiger partial charge < -0.3 is 15.3 Å². The van der Waals surface area contributed by atoms with Gasteiger partial charge in [0.05, 0.1) is 15.6 Å². The van der Waals surface area contributed by atoms with E-state index < -0.39 is 17.9 Å². The van der Waals surface area contributed by atoms with Crippen molar-refractivity contribution in [2.24, 2.45) is 5.73 Å². The van der Waals surface area contributed by atoms with Gasteiger partial charge in [-0.2, -0.15) is 5.10 Å². The first-order valence-electron chi connectivity index (χ1n) is 8.42. The molecule has 146 valence electrons. The monoisotopic (exact) mass is 429 g/mol. The van der Waals surface area contributed by atoms with E-state index in [0.29, 0.717) is 32.3 Å². The molecule has 3 N–H and O–H groups in total. The second kappa shape index (κ2) is 7.27. The van der Waals surface area contributed by atoms with Crippen molar-refractivity contribution < 1.29 is 19.1 Å². The van der Waals surface area contributed by atoms with Crippen molar-refractivity contribution in [3.05, 3.63) is 76.1 Å². The van der Waals surface area contributed by atoms with Crippen LogP contribution in [0.4, 0.5) is 0 Å². The number of furan rings is 1. The highest BCUT2D eigenvalue weighted by molar-refractivity contribution is 6.42. The Morgan fingerprint density at radius 1 is 1.07 bits per heavy atom. The van der Waals surface area contributed by atoms with Crippen LogP contribution in [0.25, 0.3) is 22.2 Å². The van der Waals surface area contributed by atoms with Crippen LogP contribution in [0.5, 0.6) is 0 Å². The molecule has 4 aromatic rings. The lowest BCUT2D eigenvalue weighted by atomic mass is 10.1. The molecule has 0 fully saturated rings. The highest BCUT2D eigenvalue weighted by Gasteiger charge is 2.29. The van der Waals surface area contributed by atoms with Crippen LogP contribution >= 0.6 is 23.2 Å². The standard InChI is InChI=1S/C20H13Cl2N3O4/c21-12-6-5-10(9-13(12)22)15-7-8-16(29-15)18(19(23)26)25-14-4-2-1-3-11(14)17(24-25)20(27)28/h1-9,18H,(H2,23,26)(H,27,28). The van der Waals surface area contributed by atoms with Gasteiger partial charge in [-0.15, -0.1) is 0 Å². The minimum Gasteiger partial charge on any atom is -0.476 e. The van der Waals surface area contributed by atoms with E-state index in [1.54, 1.807) is 54.6 Å². The average molecular weight is 430 g/mol. The Bertz CT molecular complexity index is 1260. The maximum atomic E-state index is 12.3. The van der Waals surface area contributed by atoms with E-state index in [-0.39, 0.29) is 11.5 Å². The minimum atomic E-state index is -1.21. The molecule has 0 aliphatic heterocycles. The molecule has 0 radical (unpaired) electrons. The number of fused-ring (bicyclic) bond motifs is 1. The predicted molar refractivity (Wildman–Crippen MR) is 108 cm³/mol. The van der Waals surface area contributed by atoms with Gasteiger partial charge >= 0.3 is 5.97 Å². The number of benzene rings is 2. The molecular formula is C20H13Cl2N3O4. The Morgan fingerprint density at radius 3 is 2.52 bits per heavy atom. The summed E-state index contributed by atoms with van der Waals surface area (Å²) >= 11 is 12.0. The molecule has 2 aromatic heterocycles. The molecule has 2 aromatic carbocycles. The van der Waals surface area contributed by atoms with Crippen molar-refractivity contribution in [1.82, 2.24) is 9.78 Å². The summed E-state index contributed by atoms with van der Waals surface area (Å²) < 4.78 is 7.11. The van der Waals surface area contributed by atoms with Crippen LogP contribution in [-0.4, -0.2) is 26.8 Å². The molecule has 0 aliphatic carbocycles. The van der Waals surface area contributed by atoms with E-state index >= 15 is 0 Å². The van der Waals surface area contributed by atoms with Gasteiger partial charge in [0.25, 0.3) is 0 Å². The summed E-state index contributed by atoms with van der Waals surface area (Å²) in [6.07, 6.45) is 0. The lowest BCUT2D eigenvalue weighted by molar-refractivity contribution is -0.120. The number of halogens is 2. The van der Waals surface area contributed by atoms with E-state index in [0.717, 1.165) is 0 Å². The fourth-order valence-electron chi connectivity index (χ4n) is 3.13. The second-order valence-electron chi connectivity index (χ2n) is 6.25. The summed E-state index contributed by atoms with van der Waals surface area (Å²) in [5, 5.41) is 14.7. The normalized spacial score (nSPS) is 12.2. The molecule has 0 spiro atoms. The van der Waals surface area contributed by atoms with Gasteiger partial charge in [-0.3, -0.25) is 4.79 Å². The lowest BCUT2D eigenvalue weighted by Crippen LogP contribution is -2.28. The predicted octanol–water partition coefficient (Wildman–Crippen LogP) is 4.38. The number of hydrogen-bond acceptors (Lipinski definition) is 4. The average Bonchev–Trinajstić information content (AvgIpc) is 3.30. The molecule has 29 heavy (non-hydrogen) atoms. The molecule has 0 saturated heterocycles. The van der Waals surface area contributed by atoms with Crippen LogP contribution in [0.15, 0.2) is 59.0 Å². The number of hydrogen-bond donors (Lipinski definition) is 2. The summed E-state index contributed by atoms with van der Waals surface area (Å²) in [4.78, 5) is 23.9. The van der Waals surface area contributed by atoms with Gasteiger partial charge in [-0.05, 0) is 36.4 Å². The fraction of sp³-hybridized carbons (Fsp3) is 0.0500. The maximum absolute atomic E-state index is 12.3. The molecule has 4 rings (SSSR count). The molecule has 1 amide bonds. The zero-order valence-electron chi connectivity index (χ0n) is 14.7. The van der Waals surface area contributed by atoms with Crippen LogP contribution in [-0.2, 0) is 4.79 Å². The van der Waals surface area contributed by atoms with E-state index in [9.17, 15) is 14.7 Å². The number of aromatic nitrogens is 2. The second-order valence-corrected chi connectivity index (χ2v) is 7.07. The number of primary amides is 1. The first-order chi connectivity index (χ1) is 13.9. The summed E-state index contributed by atoms with van der Waals surface area (Å²) in [5.41, 5.74) is 6.55. The third-order valence-corrected chi connectivity index (χ3v) is 5.17. The topological polar surface area (TPSA) is 111 Å². The van der Waals surface area contributed by atoms with E-state index in [1.807, 2.05) is 0 Å². The summed E-state index contributed by atoms with van der Waals surface area (Å²) in [6.45, 7) is 0. The number of carboxylic acid groups (broad SMARTS) is 1. The summed E-state index contributed by atoms with van der Waals surface area (Å²) in [5.74, 6) is -1.30. The van der Waals surface area contributed by atoms with Crippen molar-refractivity contribution in [2.45, 2.75) is 6.04 Å². The molecule has 1 atom stereocenters. The molecular weight excluding hydrogens is 417 g/mol. The molecule has 7 nitrogen and oxygen atoms in total. The SMILES string of the molecule is NC(=O)C(c1ccc(-c2ccc(Cl)c(Cl)c2)o1)n1nc(C(=O)O)c2ccccc21. The number of aromatic carboxylic acids is 1. The Morgan fingerprint density at radius 2 is 1.83 bits per heavy atom. The van der Waals surface area contributed by atoms with Crippen LogP contribution in [0, 0.1) is 0 Å². The zero-order valence-corrected chi connectivity index (χ0v) is 16.2. The van der Waals surface area contributed by atoms with E-state index in [4.69, 9.17) is 33.4 Å². The third kappa shape index (κ3) is 3.35. The van der Waals surface area contributed by atoms with Gasteiger partial charge in [0, 0.05) is 10.9 Å². The zero-order chi connectivity index (χ0) is 20.7. The third-order valence-electron chi connectivity index (χ3n) is 4.43. The summed E-state index contributed by atoms with van der Waals surface area (Å²) in [6, 6.07) is 13.8. The molecule has 0 aliphatic rings. The van der Waals surface area contributed by atoms with Crippen molar-refractivity contribution in [3.63, 3.8) is 0 Å². The summed E-state index contributed by atoms with van der Waals surface area (Å²) in [7, 11) is 0. The van der Waals surface area contributed by atoms with Crippen LogP contribution in [0.1, 0.15) is 22.3 Å². The van der Waals surface area contributed by atoms with Crippen LogP contribution in [0.3, 0.4) is 0 Å². The van der Waals surface area contributed by atoms with Crippen molar-refractivity contribution in [1.29, 1.82) is 0 Å². The number of amides is 1. The smallest absolute Gasteiger partial charge is 0.357 e. The molecule has 0 bridgehead atoms. The van der Waals surface area contributed by atoms with E-state index in [2.05, 4.69) is 5.10 Å². The van der Waals surface area contributed by atoms with Gasteiger partial charge in [0.1, 0.15) is 11.5 Å². The quantitative estimate of drug-likeness (QED) is 0.488. The van der Waals surface area contributed by atoms with Gasteiger partial charge in [0.15, 0.2) is 11.7 Å². The van der Waals surface area contributed by atoms with Gasteiger partial charge in [0.2, 0.25) is 5.91 Å². The number of rotatable bonds is 5. The minimum absolute atomic E-state index is 0.178. The van der Waals surface area contributed by atoms with Gasteiger partial charge in [-0.25, -0.2) is 9.48 Å². The molecule has 9 heteroatoms. The van der Waals surface area contributed by atoms with Crippen LogP contribution < -0.4 is 5.73 Å². The van der Waals surface area contributed by atoms with Crippen molar-refractivity contribution in [3.8, 4) is 11.3 Å². The number of nitrogens with zero attached hydrogens (tertiary/aromatic N) is 2. The first-order valence-corrected chi connectivity index (χ1v) is 9.17. The number of carbonyl (C=O) groups excluding carboxylic acids is 1. The highest BCUT2D eigenvalue weighted by Crippen LogP contribution is 2.33. The number of para-hydroxylation sites is 1. The van der Waals surface area contributed by atoms with Gasteiger partial charge in [-0.1, -0.05) is 41.4 Å². The Kier molecular flexibility index (Phi) is 4.77. The molecule has 2 heterocycles. The Balaban J connectivity index is 1.84. The molecule has 0 saturated carbocycles. The number of carbonyl (C=O) groups is 2. The van der Waals surface area contributed by atoms with Crippen molar-refractivity contribution in [2.75, 3.05) is 0 Å². The van der Waals surface area contributed by atoms with Crippen molar-refractivity contribution >= 4 is 46.0 Å². The number of carboxylic acids is 1. The number of nitrogens with two attached hydrogens (primary N) is 1. The van der Waals surface area contributed by atoms with E-state index in [1.165, 1.54) is 4.68 Å². The molecule has 1 unspecified atom stereocenters. The van der Waals surface area contributed by atoms with Crippen LogP contribution in [0.2, 0.25) is 10.0 Å². The largest absolute Gasteiger partial charge is 0.476 e. The lowest BCUT2D eigenvalue weighted by Gasteiger charge is -2.13. The highest BCUT2D eigenvalue weighted by atomic mass is 35.5. The Labute approximate surface area is 174 Å². The first kappa shape index (κ1) is 19.0. The maximum Gasteiger partial charge on any atom is 0.357 e.